The lowest BCUT2D eigenvalue weighted by molar-refractivity contribution is -0.136. The number of piperidine rings is 1. The van der Waals surface area contributed by atoms with Crippen LogP contribution in [0.5, 0.6) is 0 Å². The maximum atomic E-state index is 12.5. The largest absolute Gasteiger partial charge is 0.342 e. The fraction of sp³-hybridized carbons (Fsp3) is 0.929. The van der Waals surface area contributed by atoms with Crippen molar-refractivity contribution in [1.29, 1.82) is 0 Å². The Morgan fingerprint density at radius 3 is 2.00 bits per heavy atom. The van der Waals surface area contributed by atoms with E-state index in [0.717, 1.165) is 50.9 Å². The monoisotopic (exact) mass is 251 g/mol. The second-order valence-corrected chi connectivity index (χ2v) is 6.56. The molecule has 1 amide bonds. The van der Waals surface area contributed by atoms with Crippen molar-refractivity contribution in [2.45, 2.75) is 12.8 Å². The molecule has 102 valence electrons. The summed E-state index contributed by atoms with van der Waals surface area (Å²) < 4.78 is 0. The average molecular weight is 251 g/mol. The summed E-state index contributed by atoms with van der Waals surface area (Å²) in [6.45, 7) is 6.56. The second kappa shape index (κ2) is 4.82. The summed E-state index contributed by atoms with van der Waals surface area (Å²) in [5.41, 5.74) is 0. The van der Waals surface area contributed by atoms with Gasteiger partial charge in [-0.25, -0.2) is 0 Å². The van der Waals surface area contributed by atoms with Gasteiger partial charge in [0.25, 0.3) is 0 Å². The number of likely N-dealkylation sites (tertiary alicyclic amines) is 3. The highest BCUT2D eigenvalue weighted by atomic mass is 16.2. The van der Waals surface area contributed by atoms with Crippen LogP contribution >= 0.6 is 0 Å². The van der Waals surface area contributed by atoms with Crippen LogP contribution in [0.3, 0.4) is 0 Å². The Balaban J connectivity index is 1.55. The summed E-state index contributed by atoms with van der Waals surface area (Å²) >= 11 is 0. The number of fused-ring (bicyclic) bond motifs is 1. The fourth-order valence-corrected chi connectivity index (χ4v) is 3.92. The molecule has 0 aromatic carbocycles. The van der Waals surface area contributed by atoms with Gasteiger partial charge in [-0.05, 0) is 51.9 Å². The topological polar surface area (TPSA) is 26.8 Å². The van der Waals surface area contributed by atoms with Crippen molar-refractivity contribution in [2.75, 3.05) is 53.4 Å². The van der Waals surface area contributed by atoms with Crippen molar-refractivity contribution < 1.29 is 4.79 Å². The van der Waals surface area contributed by atoms with Gasteiger partial charge in [-0.3, -0.25) is 4.79 Å². The number of carbonyl (C=O) groups is 1. The lowest BCUT2D eigenvalue weighted by Crippen LogP contribution is -2.41. The first-order valence-corrected chi connectivity index (χ1v) is 7.29. The lowest BCUT2D eigenvalue weighted by atomic mass is 9.96. The van der Waals surface area contributed by atoms with Gasteiger partial charge in [0.15, 0.2) is 0 Å². The van der Waals surface area contributed by atoms with Crippen molar-refractivity contribution in [3.05, 3.63) is 0 Å². The minimum absolute atomic E-state index is 0.303. The molecule has 4 nitrogen and oxygen atoms in total. The molecular formula is C14H25N3O. The van der Waals surface area contributed by atoms with Crippen LogP contribution < -0.4 is 0 Å². The van der Waals surface area contributed by atoms with E-state index < -0.39 is 0 Å². The van der Waals surface area contributed by atoms with Gasteiger partial charge in [-0.2, -0.15) is 0 Å². The summed E-state index contributed by atoms with van der Waals surface area (Å²) in [4.78, 5) is 19.4. The minimum atomic E-state index is 0.303. The summed E-state index contributed by atoms with van der Waals surface area (Å²) in [6.07, 6.45) is 2.11. The van der Waals surface area contributed by atoms with Gasteiger partial charge in [0, 0.05) is 32.1 Å². The van der Waals surface area contributed by atoms with E-state index in [4.69, 9.17) is 0 Å². The summed E-state index contributed by atoms with van der Waals surface area (Å²) in [5, 5.41) is 0. The molecule has 0 saturated carbocycles. The van der Waals surface area contributed by atoms with Crippen LogP contribution in [0.15, 0.2) is 0 Å². The third-order valence-electron chi connectivity index (χ3n) is 5.05. The zero-order valence-corrected chi connectivity index (χ0v) is 11.6. The zero-order chi connectivity index (χ0) is 12.7. The molecule has 2 atom stereocenters. The maximum absolute atomic E-state index is 12.5. The van der Waals surface area contributed by atoms with Gasteiger partial charge in [-0.1, -0.05) is 0 Å². The number of hydrogen-bond acceptors (Lipinski definition) is 3. The summed E-state index contributed by atoms with van der Waals surface area (Å²) in [7, 11) is 4.35. The molecule has 0 aromatic rings. The minimum Gasteiger partial charge on any atom is -0.342 e. The van der Waals surface area contributed by atoms with E-state index in [-0.39, 0.29) is 0 Å². The van der Waals surface area contributed by atoms with Crippen LogP contribution in [0, 0.1) is 17.8 Å². The van der Waals surface area contributed by atoms with E-state index in [1.807, 2.05) is 0 Å². The molecule has 0 aliphatic carbocycles. The molecule has 3 aliphatic heterocycles. The van der Waals surface area contributed by atoms with Crippen molar-refractivity contribution in [1.82, 2.24) is 14.7 Å². The molecule has 0 aromatic heterocycles. The molecule has 3 saturated heterocycles. The Morgan fingerprint density at radius 1 is 0.889 bits per heavy atom. The van der Waals surface area contributed by atoms with Gasteiger partial charge < -0.3 is 14.7 Å². The SMILES string of the molecule is CN1CCC(C(=O)N2CC3CN(C)CC3C2)CC1. The quantitative estimate of drug-likeness (QED) is 0.673. The molecule has 3 rings (SSSR count). The van der Waals surface area contributed by atoms with Gasteiger partial charge in [-0.15, -0.1) is 0 Å². The summed E-state index contributed by atoms with van der Waals surface area (Å²) in [5.74, 6) is 2.23. The van der Waals surface area contributed by atoms with E-state index in [2.05, 4.69) is 28.8 Å². The van der Waals surface area contributed by atoms with Gasteiger partial charge >= 0.3 is 0 Å². The summed E-state index contributed by atoms with van der Waals surface area (Å²) in [6, 6.07) is 0. The predicted molar refractivity (Wildman–Crippen MR) is 71.3 cm³/mol. The molecule has 3 aliphatic rings. The van der Waals surface area contributed by atoms with Gasteiger partial charge in [0.1, 0.15) is 0 Å². The molecule has 0 N–H and O–H groups in total. The van der Waals surface area contributed by atoms with Crippen LogP contribution in [0.2, 0.25) is 0 Å². The number of nitrogens with zero attached hydrogens (tertiary/aromatic N) is 3. The van der Waals surface area contributed by atoms with E-state index in [1.54, 1.807) is 0 Å². The van der Waals surface area contributed by atoms with E-state index in [1.165, 1.54) is 13.1 Å². The van der Waals surface area contributed by atoms with E-state index in [0.29, 0.717) is 11.8 Å². The molecule has 3 heterocycles. The van der Waals surface area contributed by atoms with Crippen molar-refractivity contribution >= 4 is 5.91 Å². The van der Waals surface area contributed by atoms with Crippen LogP contribution in [-0.2, 0) is 4.79 Å². The molecule has 2 unspecified atom stereocenters. The Kier molecular flexibility index (Phi) is 3.32. The fourth-order valence-electron chi connectivity index (χ4n) is 3.92. The van der Waals surface area contributed by atoms with Crippen molar-refractivity contribution in [3.63, 3.8) is 0 Å². The normalized spacial score (nSPS) is 35.1. The van der Waals surface area contributed by atoms with Crippen LogP contribution in [0.4, 0.5) is 0 Å². The predicted octanol–water partition coefficient (Wildman–Crippen LogP) is 0.348. The third kappa shape index (κ3) is 2.28. The third-order valence-corrected chi connectivity index (χ3v) is 5.05. The van der Waals surface area contributed by atoms with Crippen molar-refractivity contribution in [2.24, 2.45) is 17.8 Å². The maximum Gasteiger partial charge on any atom is 0.225 e. The first-order valence-electron chi connectivity index (χ1n) is 7.29. The Morgan fingerprint density at radius 2 is 1.44 bits per heavy atom. The molecule has 0 radical (unpaired) electrons. The Hall–Kier alpha value is -0.610. The average Bonchev–Trinajstić information content (AvgIpc) is 2.86. The number of hydrogen-bond donors (Lipinski definition) is 0. The van der Waals surface area contributed by atoms with E-state index >= 15 is 0 Å². The molecule has 3 fully saturated rings. The number of rotatable bonds is 1. The van der Waals surface area contributed by atoms with Crippen LogP contribution in [0.25, 0.3) is 0 Å². The Bertz CT molecular complexity index is 311. The Labute approximate surface area is 110 Å². The second-order valence-electron chi connectivity index (χ2n) is 6.56. The molecule has 18 heavy (non-hydrogen) atoms. The smallest absolute Gasteiger partial charge is 0.225 e. The highest BCUT2D eigenvalue weighted by Crippen LogP contribution is 2.32. The van der Waals surface area contributed by atoms with Crippen molar-refractivity contribution in [3.8, 4) is 0 Å². The van der Waals surface area contributed by atoms with Crippen LogP contribution in [0.1, 0.15) is 12.8 Å². The van der Waals surface area contributed by atoms with Crippen LogP contribution in [-0.4, -0.2) is 74.0 Å². The number of amides is 1. The van der Waals surface area contributed by atoms with E-state index in [9.17, 15) is 4.79 Å². The molecular weight excluding hydrogens is 226 g/mol. The first-order chi connectivity index (χ1) is 8.63. The highest BCUT2D eigenvalue weighted by Gasteiger charge is 2.41. The standard InChI is InChI=1S/C14H25N3O/c1-15-5-3-11(4-6-15)14(18)17-9-12-7-16(2)8-13(12)10-17/h11-13H,3-10H2,1-2H3. The number of carbonyl (C=O) groups excluding carboxylic acids is 1. The molecule has 0 bridgehead atoms. The molecule has 4 heteroatoms. The lowest BCUT2D eigenvalue weighted by Gasteiger charge is -2.31. The van der Waals surface area contributed by atoms with Gasteiger partial charge in [0.2, 0.25) is 5.91 Å². The molecule has 0 spiro atoms. The first kappa shape index (κ1) is 12.4. The highest BCUT2D eigenvalue weighted by molar-refractivity contribution is 5.79. The zero-order valence-electron chi connectivity index (χ0n) is 11.6. The van der Waals surface area contributed by atoms with Gasteiger partial charge in [0.05, 0.1) is 0 Å².